The van der Waals surface area contributed by atoms with E-state index in [0.717, 1.165) is 29.8 Å². The zero-order chi connectivity index (χ0) is 23.4. The van der Waals surface area contributed by atoms with Crippen molar-refractivity contribution in [2.24, 2.45) is 0 Å². The Kier molecular flexibility index (Phi) is 4.86. The van der Waals surface area contributed by atoms with E-state index in [-0.39, 0.29) is 6.42 Å². The lowest BCUT2D eigenvalue weighted by Gasteiger charge is -2.44. The minimum Gasteiger partial charge on any atom is -0.383 e. The fourth-order valence-corrected chi connectivity index (χ4v) is 5.30. The highest BCUT2D eigenvalue weighted by Crippen LogP contribution is 2.41. The summed E-state index contributed by atoms with van der Waals surface area (Å²) < 4.78 is 16.0. The van der Waals surface area contributed by atoms with Crippen LogP contribution in [-0.2, 0) is 6.54 Å². The molecule has 3 aliphatic rings. The Labute approximate surface area is 198 Å². The molecule has 0 bridgehead atoms. The van der Waals surface area contributed by atoms with Crippen molar-refractivity contribution in [1.82, 2.24) is 24.6 Å². The molecule has 0 radical (unpaired) electrons. The second-order valence-electron chi connectivity index (χ2n) is 9.34. The first kappa shape index (κ1) is 20.8. The van der Waals surface area contributed by atoms with Crippen molar-refractivity contribution in [1.29, 1.82) is 0 Å². The van der Waals surface area contributed by atoms with Crippen LogP contribution in [0.25, 0.3) is 28.4 Å². The van der Waals surface area contributed by atoms with Crippen LogP contribution < -0.4 is 5.73 Å². The molecule has 1 aromatic carbocycles. The number of benzene rings is 1. The van der Waals surface area contributed by atoms with Gasteiger partial charge in [0.25, 0.3) is 0 Å². The van der Waals surface area contributed by atoms with Gasteiger partial charge in [0.2, 0.25) is 0 Å². The number of aryl methyl sites for hydroxylation is 1. The maximum Gasteiger partial charge on any atom is 0.164 e. The largest absolute Gasteiger partial charge is 0.383 e. The van der Waals surface area contributed by atoms with Crippen molar-refractivity contribution < 1.29 is 4.39 Å². The average Bonchev–Trinajstić information content (AvgIpc) is 3.15. The van der Waals surface area contributed by atoms with E-state index < -0.39 is 6.17 Å². The third-order valence-electron chi connectivity index (χ3n) is 7.16. The normalized spacial score (nSPS) is 20.2. The SMILES string of the molecule is C=C1c2c(C)cccc2C=C(Cn2nc(C3=CC=CC(F)C3)c3c(N)ncnc32)N1C1CCC1. The first-order valence-electron chi connectivity index (χ1n) is 11.8. The van der Waals surface area contributed by atoms with E-state index >= 15 is 0 Å². The Morgan fingerprint density at radius 1 is 1.24 bits per heavy atom. The number of hydrogen-bond donors (Lipinski definition) is 1. The van der Waals surface area contributed by atoms with Gasteiger partial charge in [0.15, 0.2) is 5.65 Å². The van der Waals surface area contributed by atoms with Crippen molar-refractivity contribution in [3.8, 4) is 0 Å². The summed E-state index contributed by atoms with van der Waals surface area (Å²) in [5.41, 5.74) is 14.2. The molecule has 0 amide bonds. The Bertz CT molecular complexity index is 1410. The standard InChI is InChI=1S/C27H27FN6/c1-16-6-3-7-18-13-22(34(17(2)23(16)18)21-10-5-11-21)14-33-27-24(26(29)30-15-31-27)25(32-33)19-8-4-9-20(28)12-19/h3-4,6-9,13,15,20-21H,2,5,10-12,14H2,1H3,(H2,29,30,31). The average molecular weight is 455 g/mol. The molecule has 3 heterocycles. The van der Waals surface area contributed by atoms with Gasteiger partial charge in [0.1, 0.15) is 24.0 Å². The number of hydrogen-bond acceptors (Lipinski definition) is 5. The van der Waals surface area contributed by atoms with E-state index in [1.54, 1.807) is 12.2 Å². The highest BCUT2D eigenvalue weighted by molar-refractivity contribution is 5.96. The third kappa shape index (κ3) is 3.26. The first-order chi connectivity index (χ1) is 16.5. The van der Waals surface area contributed by atoms with E-state index in [9.17, 15) is 4.39 Å². The van der Waals surface area contributed by atoms with Gasteiger partial charge in [-0.2, -0.15) is 5.10 Å². The van der Waals surface area contributed by atoms with Gasteiger partial charge < -0.3 is 10.6 Å². The fourth-order valence-electron chi connectivity index (χ4n) is 5.30. The number of aromatic nitrogens is 4. The second kappa shape index (κ2) is 7.94. The molecule has 1 atom stereocenters. The number of nitrogen functional groups attached to an aromatic ring is 1. The summed E-state index contributed by atoms with van der Waals surface area (Å²) >= 11 is 0. The van der Waals surface area contributed by atoms with Crippen molar-refractivity contribution in [2.75, 3.05) is 5.73 Å². The van der Waals surface area contributed by atoms with Crippen LogP contribution in [0.1, 0.15) is 48.1 Å². The molecular weight excluding hydrogens is 427 g/mol. The molecule has 1 aliphatic heterocycles. The molecule has 3 aromatic rings. The summed E-state index contributed by atoms with van der Waals surface area (Å²) in [4.78, 5) is 11.1. The molecular formula is C27H27FN6. The molecule has 0 saturated heterocycles. The molecule has 2 aliphatic carbocycles. The smallest absolute Gasteiger partial charge is 0.164 e. The maximum atomic E-state index is 14.2. The molecule has 1 saturated carbocycles. The van der Waals surface area contributed by atoms with E-state index in [1.807, 2.05) is 10.8 Å². The zero-order valence-corrected chi connectivity index (χ0v) is 19.2. The van der Waals surface area contributed by atoms with Gasteiger partial charge in [0.05, 0.1) is 11.9 Å². The highest BCUT2D eigenvalue weighted by Gasteiger charge is 2.33. The number of allylic oxidation sites excluding steroid dienone is 5. The summed E-state index contributed by atoms with van der Waals surface area (Å²) in [6.07, 6.45) is 11.6. The molecule has 6 nitrogen and oxygen atoms in total. The number of rotatable bonds is 4. The number of nitrogens with zero attached hydrogens (tertiary/aromatic N) is 5. The third-order valence-corrected chi connectivity index (χ3v) is 7.16. The molecule has 0 spiro atoms. The summed E-state index contributed by atoms with van der Waals surface area (Å²) in [6, 6.07) is 6.80. The second-order valence-corrected chi connectivity index (χ2v) is 9.34. The summed E-state index contributed by atoms with van der Waals surface area (Å²) in [5, 5.41) is 5.59. The predicted octanol–water partition coefficient (Wildman–Crippen LogP) is 5.28. The number of alkyl halides is 1. The van der Waals surface area contributed by atoms with Crippen molar-refractivity contribution >= 4 is 34.2 Å². The van der Waals surface area contributed by atoms with Crippen LogP contribution in [0.3, 0.4) is 0 Å². The van der Waals surface area contributed by atoms with Gasteiger partial charge in [-0.1, -0.05) is 43.0 Å². The minimum atomic E-state index is -1.04. The van der Waals surface area contributed by atoms with Gasteiger partial charge in [0, 0.05) is 29.4 Å². The minimum absolute atomic E-state index is 0.261. The Morgan fingerprint density at radius 3 is 2.85 bits per heavy atom. The van der Waals surface area contributed by atoms with Gasteiger partial charge in [-0.25, -0.2) is 19.0 Å². The lowest BCUT2D eigenvalue weighted by atomic mass is 9.86. The molecule has 6 rings (SSSR count). The van der Waals surface area contributed by atoms with Crippen LogP contribution >= 0.6 is 0 Å². The van der Waals surface area contributed by atoms with E-state index in [1.165, 1.54) is 29.4 Å². The fraction of sp³-hybridized carbons (Fsp3) is 0.296. The molecule has 7 heteroatoms. The molecule has 2 aromatic heterocycles. The monoisotopic (exact) mass is 454 g/mol. The number of anilines is 1. The highest BCUT2D eigenvalue weighted by atomic mass is 19.1. The summed E-state index contributed by atoms with van der Waals surface area (Å²) in [7, 11) is 0. The van der Waals surface area contributed by atoms with Crippen LogP contribution in [0.5, 0.6) is 0 Å². The Morgan fingerprint density at radius 2 is 2.09 bits per heavy atom. The molecule has 172 valence electrons. The number of nitrogens with two attached hydrogens (primary N) is 1. The Balaban J connectivity index is 1.48. The first-order valence-corrected chi connectivity index (χ1v) is 11.8. The number of halogens is 1. The van der Waals surface area contributed by atoms with Gasteiger partial charge in [-0.05, 0) is 49.0 Å². The molecule has 2 N–H and O–H groups in total. The van der Waals surface area contributed by atoms with Gasteiger partial charge in [-0.3, -0.25) is 0 Å². The van der Waals surface area contributed by atoms with E-state index in [0.29, 0.717) is 35.1 Å². The molecule has 34 heavy (non-hydrogen) atoms. The van der Waals surface area contributed by atoms with Crippen LogP contribution in [0, 0.1) is 6.92 Å². The predicted molar refractivity (Wildman–Crippen MR) is 134 cm³/mol. The van der Waals surface area contributed by atoms with Gasteiger partial charge >= 0.3 is 0 Å². The van der Waals surface area contributed by atoms with Crippen molar-refractivity contribution in [3.63, 3.8) is 0 Å². The topological polar surface area (TPSA) is 72.9 Å². The molecule has 1 unspecified atom stereocenters. The lowest BCUT2D eigenvalue weighted by Crippen LogP contribution is -2.40. The van der Waals surface area contributed by atoms with Crippen LogP contribution in [-0.4, -0.2) is 36.9 Å². The van der Waals surface area contributed by atoms with E-state index in [4.69, 9.17) is 10.8 Å². The summed E-state index contributed by atoms with van der Waals surface area (Å²) in [6.45, 7) is 7.16. The quantitative estimate of drug-likeness (QED) is 0.581. The van der Waals surface area contributed by atoms with Gasteiger partial charge in [-0.15, -0.1) is 0 Å². The number of fused-ring (bicyclic) bond motifs is 2. The summed E-state index contributed by atoms with van der Waals surface area (Å²) in [5.74, 6) is 0.357. The lowest BCUT2D eigenvalue weighted by molar-refractivity contribution is 0.227. The van der Waals surface area contributed by atoms with Crippen molar-refractivity contribution in [3.05, 3.63) is 77.4 Å². The van der Waals surface area contributed by atoms with Crippen LogP contribution in [0.4, 0.5) is 10.2 Å². The zero-order valence-electron chi connectivity index (χ0n) is 19.2. The maximum absolute atomic E-state index is 14.2. The molecule has 1 fully saturated rings. The van der Waals surface area contributed by atoms with E-state index in [2.05, 4.69) is 52.6 Å². The van der Waals surface area contributed by atoms with Crippen molar-refractivity contribution in [2.45, 2.75) is 51.4 Å². The van der Waals surface area contributed by atoms with Crippen LogP contribution in [0.2, 0.25) is 0 Å². The van der Waals surface area contributed by atoms with Crippen LogP contribution in [0.15, 0.2) is 55.0 Å². The Hall–Kier alpha value is -3.74.